The number of likely N-dealkylation sites (tertiary alicyclic amines) is 1. The summed E-state index contributed by atoms with van der Waals surface area (Å²) in [5, 5.41) is 11.4. The maximum Gasteiger partial charge on any atom is 0.418 e. The van der Waals surface area contributed by atoms with Crippen LogP contribution in [0, 0.1) is 5.92 Å². The highest BCUT2D eigenvalue weighted by atomic mass is 16.6. The van der Waals surface area contributed by atoms with Crippen LogP contribution < -0.4 is 10.2 Å². The Morgan fingerprint density at radius 3 is 2.38 bits per heavy atom. The van der Waals surface area contributed by atoms with Crippen LogP contribution in [0.3, 0.4) is 0 Å². The first-order valence-corrected chi connectivity index (χ1v) is 13.8. The Labute approximate surface area is 219 Å². The maximum atomic E-state index is 13.0. The number of piperidine rings is 1. The van der Waals surface area contributed by atoms with Crippen LogP contribution >= 0.6 is 0 Å². The average Bonchev–Trinajstić information content (AvgIpc) is 3.37. The van der Waals surface area contributed by atoms with Gasteiger partial charge in [0.2, 0.25) is 11.8 Å². The molecule has 37 heavy (non-hydrogen) atoms. The molecule has 1 saturated carbocycles. The molecule has 0 atom stereocenters. The second-order valence-corrected chi connectivity index (χ2v) is 11.2. The van der Waals surface area contributed by atoms with Gasteiger partial charge in [0, 0.05) is 23.7 Å². The smallest absolute Gasteiger partial charge is 0.418 e. The molecular formula is C28H41N5O4. The Hall–Kier alpha value is -2.94. The first-order chi connectivity index (χ1) is 17.8. The van der Waals surface area contributed by atoms with Crippen molar-refractivity contribution in [2.75, 3.05) is 36.4 Å². The summed E-state index contributed by atoms with van der Waals surface area (Å²) >= 11 is 0. The van der Waals surface area contributed by atoms with Crippen molar-refractivity contribution in [3.05, 3.63) is 24.3 Å². The number of carbonyl (C=O) groups excluding carboxylic acids is 2. The third-order valence-electron chi connectivity index (χ3n) is 6.94. The van der Waals surface area contributed by atoms with Gasteiger partial charge in [-0.05, 0) is 96.8 Å². The molecular weight excluding hydrogens is 470 g/mol. The van der Waals surface area contributed by atoms with Crippen molar-refractivity contribution in [1.29, 1.82) is 0 Å². The van der Waals surface area contributed by atoms with E-state index in [-0.39, 0.29) is 17.8 Å². The normalized spacial score (nSPS) is 17.4. The van der Waals surface area contributed by atoms with E-state index in [1.165, 1.54) is 30.6 Å². The first-order valence-electron chi connectivity index (χ1n) is 13.8. The van der Waals surface area contributed by atoms with E-state index < -0.39 is 11.7 Å². The SMILES string of the molecule is CC(C)(C)OC(=O)N(CCCN1CCCCC1)c1nnc(-c2ccc(NC(=O)C3CCCCC3)cc2)o1. The van der Waals surface area contributed by atoms with Crippen LogP contribution in [-0.2, 0) is 9.53 Å². The Morgan fingerprint density at radius 2 is 1.70 bits per heavy atom. The third kappa shape index (κ3) is 8.02. The van der Waals surface area contributed by atoms with Gasteiger partial charge in [0.15, 0.2) is 0 Å². The fourth-order valence-electron chi connectivity index (χ4n) is 4.96. The lowest BCUT2D eigenvalue weighted by atomic mass is 9.88. The lowest BCUT2D eigenvalue weighted by Crippen LogP contribution is -2.39. The Balaban J connectivity index is 1.40. The highest BCUT2D eigenvalue weighted by molar-refractivity contribution is 5.92. The molecule has 1 aromatic heterocycles. The molecule has 0 radical (unpaired) electrons. The van der Waals surface area contributed by atoms with Crippen LogP contribution in [0.1, 0.15) is 78.6 Å². The minimum absolute atomic E-state index is 0.0880. The average molecular weight is 512 g/mol. The van der Waals surface area contributed by atoms with Gasteiger partial charge < -0.3 is 19.4 Å². The second kappa shape index (κ2) is 12.5. The highest BCUT2D eigenvalue weighted by Gasteiger charge is 2.28. The number of rotatable bonds is 8. The van der Waals surface area contributed by atoms with Crippen LogP contribution in [0.15, 0.2) is 28.7 Å². The predicted molar refractivity (Wildman–Crippen MR) is 143 cm³/mol. The molecule has 1 aliphatic heterocycles. The van der Waals surface area contributed by atoms with E-state index in [9.17, 15) is 9.59 Å². The van der Waals surface area contributed by atoms with Gasteiger partial charge in [-0.3, -0.25) is 4.79 Å². The molecule has 9 nitrogen and oxygen atoms in total. The largest absolute Gasteiger partial charge is 0.443 e. The summed E-state index contributed by atoms with van der Waals surface area (Å²) in [5.74, 6) is 0.496. The number of anilines is 2. The van der Waals surface area contributed by atoms with Gasteiger partial charge in [0.1, 0.15) is 5.60 Å². The number of nitrogens with zero attached hydrogens (tertiary/aromatic N) is 4. The van der Waals surface area contributed by atoms with E-state index in [0.29, 0.717) is 18.0 Å². The zero-order chi connectivity index (χ0) is 26.3. The molecule has 1 aliphatic carbocycles. The van der Waals surface area contributed by atoms with Crippen molar-refractivity contribution in [1.82, 2.24) is 15.1 Å². The third-order valence-corrected chi connectivity index (χ3v) is 6.94. The molecule has 2 fully saturated rings. The molecule has 0 spiro atoms. The zero-order valence-corrected chi connectivity index (χ0v) is 22.5. The number of amides is 2. The molecule has 9 heteroatoms. The first kappa shape index (κ1) is 27.1. The van der Waals surface area contributed by atoms with Crippen molar-refractivity contribution in [2.24, 2.45) is 5.92 Å². The molecule has 2 amide bonds. The van der Waals surface area contributed by atoms with Crippen molar-refractivity contribution >= 4 is 23.7 Å². The number of hydrogen-bond donors (Lipinski definition) is 1. The molecule has 2 aliphatic rings. The van der Waals surface area contributed by atoms with Crippen LogP contribution in [0.4, 0.5) is 16.5 Å². The minimum atomic E-state index is -0.636. The molecule has 1 N–H and O–H groups in total. The highest BCUT2D eigenvalue weighted by Crippen LogP contribution is 2.27. The van der Waals surface area contributed by atoms with E-state index in [1.54, 1.807) is 0 Å². The summed E-state index contributed by atoms with van der Waals surface area (Å²) in [6, 6.07) is 7.47. The van der Waals surface area contributed by atoms with Crippen LogP contribution in [-0.4, -0.2) is 58.9 Å². The van der Waals surface area contributed by atoms with Crippen molar-refractivity contribution in [2.45, 2.75) is 84.2 Å². The van der Waals surface area contributed by atoms with Gasteiger partial charge in [0.05, 0.1) is 0 Å². The van der Waals surface area contributed by atoms with Gasteiger partial charge in [-0.25, -0.2) is 9.69 Å². The number of ether oxygens (including phenoxy) is 1. The summed E-state index contributed by atoms with van der Waals surface area (Å²) in [5.41, 5.74) is 0.821. The van der Waals surface area contributed by atoms with Crippen molar-refractivity contribution in [3.63, 3.8) is 0 Å². The van der Waals surface area contributed by atoms with Crippen LogP contribution in [0.5, 0.6) is 0 Å². The molecule has 202 valence electrons. The lowest BCUT2D eigenvalue weighted by Gasteiger charge is -2.28. The molecule has 4 rings (SSSR count). The number of aromatic nitrogens is 2. The van der Waals surface area contributed by atoms with E-state index in [0.717, 1.165) is 57.4 Å². The summed E-state index contributed by atoms with van der Waals surface area (Å²) in [6.07, 6.45) is 9.41. The number of nitrogens with one attached hydrogen (secondary N) is 1. The summed E-state index contributed by atoms with van der Waals surface area (Å²) in [6.45, 7) is 9.07. The fraction of sp³-hybridized carbons (Fsp3) is 0.643. The van der Waals surface area contributed by atoms with Gasteiger partial charge in [-0.1, -0.05) is 30.8 Å². The fourth-order valence-corrected chi connectivity index (χ4v) is 4.96. The zero-order valence-electron chi connectivity index (χ0n) is 22.5. The summed E-state index contributed by atoms with van der Waals surface area (Å²) < 4.78 is 11.5. The van der Waals surface area contributed by atoms with Gasteiger partial charge >= 0.3 is 12.1 Å². The Bertz CT molecular complexity index is 1020. The Morgan fingerprint density at radius 1 is 1.03 bits per heavy atom. The van der Waals surface area contributed by atoms with Crippen molar-refractivity contribution < 1.29 is 18.7 Å². The van der Waals surface area contributed by atoms with Crippen LogP contribution in [0.25, 0.3) is 11.5 Å². The van der Waals surface area contributed by atoms with Gasteiger partial charge in [0.25, 0.3) is 0 Å². The van der Waals surface area contributed by atoms with Crippen molar-refractivity contribution in [3.8, 4) is 11.5 Å². The quantitative estimate of drug-likeness (QED) is 0.473. The van der Waals surface area contributed by atoms with E-state index in [4.69, 9.17) is 9.15 Å². The molecule has 1 saturated heterocycles. The standard InChI is InChI=1S/C28H41N5O4/c1-28(2,3)37-27(35)33(20-10-19-32-17-8-5-9-18-32)26-31-30-25(36-26)22-13-15-23(16-14-22)29-24(34)21-11-6-4-7-12-21/h13-16,21H,4-12,17-20H2,1-3H3,(H,29,34). The molecule has 2 heterocycles. The van der Waals surface area contributed by atoms with Crippen LogP contribution in [0.2, 0.25) is 0 Å². The molecule has 2 aromatic rings. The number of carbonyl (C=O) groups is 2. The predicted octanol–water partition coefficient (Wildman–Crippen LogP) is 5.87. The molecule has 0 bridgehead atoms. The van der Waals surface area contributed by atoms with E-state index in [2.05, 4.69) is 20.4 Å². The van der Waals surface area contributed by atoms with E-state index in [1.807, 2.05) is 45.0 Å². The molecule has 1 aromatic carbocycles. The van der Waals surface area contributed by atoms with Gasteiger partial charge in [-0.2, -0.15) is 0 Å². The van der Waals surface area contributed by atoms with E-state index >= 15 is 0 Å². The second-order valence-electron chi connectivity index (χ2n) is 11.2. The lowest BCUT2D eigenvalue weighted by molar-refractivity contribution is -0.120. The monoisotopic (exact) mass is 511 g/mol. The topological polar surface area (TPSA) is 101 Å². The number of hydrogen-bond acceptors (Lipinski definition) is 7. The maximum absolute atomic E-state index is 13.0. The Kier molecular flexibility index (Phi) is 9.18. The van der Waals surface area contributed by atoms with Gasteiger partial charge in [-0.15, -0.1) is 5.10 Å². The minimum Gasteiger partial charge on any atom is -0.443 e. The number of benzene rings is 1. The summed E-state index contributed by atoms with van der Waals surface area (Å²) in [4.78, 5) is 29.4. The molecule has 0 unspecified atom stereocenters. The summed E-state index contributed by atoms with van der Waals surface area (Å²) in [7, 11) is 0.